The number of rotatable bonds is 2. The molecule has 0 spiro atoms. The van der Waals surface area contributed by atoms with Crippen LogP contribution in [0, 0.1) is 0 Å². The summed E-state index contributed by atoms with van der Waals surface area (Å²) >= 11 is 0. The lowest BCUT2D eigenvalue weighted by Gasteiger charge is -2.38. The van der Waals surface area contributed by atoms with Crippen molar-refractivity contribution < 1.29 is 14.6 Å². The average molecular weight is 243 g/mol. The topological polar surface area (TPSA) is 73.8 Å². The Bertz CT molecular complexity index is 267. The first kappa shape index (κ1) is 12.8. The van der Waals surface area contributed by atoms with Gasteiger partial charge in [0.05, 0.1) is 31.9 Å². The second kappa shape index (κ2) is 5.77. The van der Waals surface area contributed by atoms with Crippen molar-refractivity contribution in [2.24, 2.45) is 0 Å². The monoisotopic (exact) mass is 243 g/mol. The average Bonchev–Trinajstić information content (AvgIpc) is 2.39. The van der Waals surface area contributed by atoms with Gasteiger partial charge in [-0.1, -0.05) is 0 Å². The van der Waals surface area contributed by atoms with Crippen LogP contribution < -0.4 is 10.6 Å². The molecule has 0 aliphatic carbocycles. The number of amides is 1. The van der Waals surface area contributed by atoms with Gasteiger partial charge in [0.2, 0.25) is 5.91 Å². The number of carbonyl (C=O) groups excluding carboxylic acids is 1. The smallest absolute Gasteiger partial charge is 0.241 e. The number of nitrogens with zero attached hydrogens (tertiary/aromatic N) is 1. The third kappa shape index (κ3) is 2.95. The predicted molar refractivity (Wildman–Crippen MR) is 62.7 cm³/mol. The van der Waals surface area contributed by atoms with Crippen LogP contribution in [0.5, 0.6) is 0 Å². The van der Waals surface area contributed by atoms with Gasteiger partial charge in [-0.15, -0.1) is 0 Å². The van der Waals surface area contributed by atoms with Crippen LogP contribution in [0.25, 0.3) is 0 Å². The van der Waals surface area contributed by atoms with Crippen molar-refractivity contribution in [3.8, 4) is 0 Å². The number of carbonyl (C=O) groups is 1. The third-order valence-corrected chi connectivity index (χ3v) is 3.36. The summed E-state index contributed by atoms with van der Waals surface area (Å²) in [5.41, 5.74) is 0. The van der Waals surface area contributed by atoms with Gasteiger partial charge in [-0.3, -0.25) is 4.79 Å². The predicted octanol–water partition coefficient (Wildman–Crippen LogP) is -1.84. The highest BCUT2D eigenvalue weighted by atomic mass is 16.5. The van der Waals surface area contributed by atoms with E-state index < -0.39 is 0 Å². The Labute approximate surface area is 101 Å². The molecule has 6 heteroatoms. The largest absolute Gasteiger partial charge is 0.394 e. The summed E-state index contributed by atoms with van der Waals surface area (Å²) in [6.07, 6.45) is 0. The lowest BCUT2D eigenvalue weighted by molar-refractivity contribution is -0.144. The number of hydrogen-bond acceptors (Lipinski definition) is 5. The maximum absolute atomic E-state index is 12.3. The normalized spacial score (nSPS) is 34.7. The van der Waals surface area contributed by atoms with Crippen LogP contribution in [0.2, 0.25) is 0 Å². The molecule has 0 saturated carbocycles. The highest BCUT2D eigenvalue weighted by molar-refractivity contribution is 5.82. The molecule has 0 aromatic rings. The summed E-state index contributed by atoms with van der Waals surface area (Å²) in [4.78, 5) is 14.0. The summed E-state index contributed by atoms with van der Waals surface area (Å²) in [5, 5.41) is 15.8. The van der Waals surface area contributed by atoms with Gasteiger partial charge < -0.3 is 25.4 Å². The summed E-state index contributed by atoms with van der Waals surface area (Å²) < 4.78 is 5.27. The van der Waals surface area contributed by atoms with Crippen LogP contribution in [0.1, 0.15) is 6.92 Å². The lowest BCUT2D eigenvalue weighted by Crippen LogP contribution is -2.62. The molecule has 6 nitrogen and oxygen atoms in total. The highest BCUT2D eigenvalue weighted by Crippen LogP contribution is 2.09. The molecular formula is C11H21N3O3. The van der Waals surface area contributed by atoms with Crippen LogP contribution >= 0.6 is 0 Å². The van der Waals surface area contributed by atoms with Crippen molar-refractivity contribution in [3.05, 3.63) is 0 Å². The summed E-state index contributed by atoms with van der Waals surface area (Å²) in [6, 6.07) is 0.0214. The first-order valence-corrected chi connectivity index (χ1v) is 6.18. The Kier molecular flexibility index (Phi) is 4.33. The highest BCUT2D eigenvalue weighted by Gasteiger charge is 2.32. The number of ether oxygens (including phenoxy) is 1. The van der Waals surface area contributed by atoms with E-state index in [1.54, 1.807) is 4.90 Å². The van der Waals surface area contributed by atoms with E-state index in [1.165, 1.54) is 0 Å². The molecule has 0 bridgehead atoms. The summed E-state index contributed by atoms with van der Waals surface area (Å²) in [6.45, 7) is 5.04. The Balaban J connectivity index is 1.93. The van der Waals surface area contributed by atoms with Crippen LogP contribution in [-0.2, 0) is 9.53 Å². The first-order valence-electron chi connectivity index (χ1n) is 6.18. The van der Waals surface area contributed by atoms with Gasteiger partial charge >= 0.3 is 0 Å². The molecule has 1 amide bonds. The molecule has 0 radical (unpaired) electrons. The van der Waals surface area contributed by atoms with E-state index >= 15 is 0 Å². The van der Waals surface area contributed by atoms with Crippen LogP contribution in [0.4, 0.5) is 0 Å². The van der Waals surface area contributed by atoms with E-state index in [0.29, 0.717) is 32.3 Å². The van der Waals surface area contributed by atoms with Crippen LogP contribution in [0.15, 0.2) is 0 Å². The molecule has 2 aliphatic rings. The summed E-state index contributed by atoms with van der Waals surface area (Å²) in [7, 11) is 0. The zero-order valence-corrected chi connectivity index (χ0v) is 10.2. The second-order valence-corrected chi connectivity index (χ2v) is 4.71. The van der Waals surface area contributed by atoms with Gasteiger partial charge in [0, 0.05) is 25.7 Å². The van der Waals surface area contributed by atoms with Crippen LogP contribution in [-0.4, -0.2) is 73.5 Å². The zero-order valence-electron chi connectivity index (χ0n) is 10.2. The summed E-state index contributed by atoms with van der Waals surface area (Å²) in [5.74, 6) is 0.0618. The molecule has 3 atom stereocenters. The molecule has 2 heterocycles. The number of hydrogen-bond donors (Lipinski definition) is 3. The lowest BCUT2D eigenvalue weighted by atomic mass is 10.1. The molecule has 2 rings (SSSR count). The molecular weight excluding hydrogens is 222 g/mol. The maximum Gasteiger partial charge on any atom is 0.241 e. The van der Waals surface area contributed by atoms with Gasteiger partial charge in [-0.25, -0.2) is 0 Å². The fourth-order valence-corrected chi connectivity index (χ4v) is 2.25. The first-order chi connectivity index (χ1) is 8.22. The van der Waals surface area contributed by atoms with Crippen molar-refractivity contribution in [1.82, 2.24) is 15.5 Å². The quantitative estimate of drug-likeness (QED) is 0.531. The second-order valence-electron chi connectivity index (χ2n) is 4.71. The van der Waals surface area contributed by atoms with Crippen molar-refractivity contribution in [3.63, 3.8) is 0 Å². The van der Waals surface area contributed by atoms with E-state index in [4.69, 9.17) is 4.74 Å². The minimum Gasteiger partial charge on any atom is -0.394 e. The van der Waals surface area contributed by atoms with Crippen molar-refractivity contribution in [2.75, 3.05) is 39.5 Å². The molecule has 17 heavy (non-hydrogen) atoms. The Morgan fingerprint density at radius 3 is 2.94 bits per heavy atom. The third-order valence-electron chi connectivity index (χ3n) is 3.36. The van der Waals surface area contributed by atoms with Gasteiger partial charge in [0.1, 0.15) is 0 Å². The van der Waals surface area contributed by atoms with Gasteiger partial charge in [-0.2, -0.15) is 0 Å². The molecule has 3 unspecified atom stereocenters. The van der Waals surface area contributed by atoms with Crippen molar-refractivity contribution in [2.45, 2.75) is 25.0 Å². The maximum atomic E-state index is 12.3. The number of aliphatic hydroxyl groups is 1. The zero-order chi connectivity index (χ0) is 12.3. The van der Waals surface area contributed by atoms with Gasteiger partial charge in [0.15, 0.2) is 0 Å². The minimum atomic E-state index is -0.197. The van der Waals surface area contributed by atoms with E-state index in [2.05, 4.69) is 17.6 Å². The molecule has 0 aromatic carbocycles. The Morgan fingerprint density at radius 2 is 2.29 bits per heavy atom. The van der Waals surface area contributed by atoms with Gasteiger partial charge in [-0.05, 0) is 6.92 Å². The number of nitrogens with one attached hydrogen (secondary N) is 2. The molecule has 2 aliphatic heterocycles. The molecule has 2 saturated heterocycles. The number of piperazine rings is 1. The fraction of sp³-hybridized carbons (Fsp3) is 0.909. The van der Waals surface area contributed by atoms with E-state index in [0.717, 1.165) is 6.54 Å². The Morgan fingerprint density at radius 1 is 1.47 bits per heavy atom. The van der Waals surface area contributed by atoms with Gasteiger partial charge in [0.25, 0.3) is 0 Å². The van der Waals surface area contributed by atoms with Crippen molar-refractivity contribution >= 4 is 5.91 Å². The number of aliphatic hydroxyl groups excluding tert-OH is 1. The van der Waals surface area contributed by atoms with Crippen LogP contribution in [0.3, 0.4) is 0 Å². The molecule has 98 valence electrons. The Hall–Kier alpha value is -0.690. The van der Waals surface area contributed by atoms with E-state index in [9.17, 15) is 9.90 Å². The molecule has 3 N–H and O–H groups in total. The van der Waals surface area contributed by atoms with E-state index in [-0.39, 0.29) is 24.6 Å². The SMILES string of the molecule is CC1CNC(C(=O)N2CCOCC2CO)CN1. The molecule has 0 aromatic heterocycles. The fourth-order valence-electron chi connectivity index (χ4n) is 2.25. The minimum absolute atomic E-state index is 0.0394. The number of morpholine rings is 1. The van der Waals surface area contributed by atoms with E-state index in [1.807, 2.05) is 0 Å². The van der Waals surface area contributed by atoms with Crippen molar-refractivity contribution in [1.29, 1.82) is 0 Å². The molecule has 2 fully saturated rings. The standard InChI is InChI=1S/C11H21N3O3/c1-8-4-13-10(5-12-8)11(16)14-2-3-17-7-9(14)6-15/h8-10,12-13,15H,2-7H2,1H3.